The highest BCUT2D eigenvalue weighted by molar-refractivity contribution is 5.04. The number of nitrogens with zero attached hydrogens (tertiary/aromatic N) is 2. The molecule has 2 heteroatoms. The summed E-state index contributed by atoms with van der Waals surface area (Å²) in [4.78, 5) is 4.08. The average molecular weight is 206 g/mol. The van der Waals surface area contributed by atoms with E-state index in [2.05, 4.69) is 31.9 Å². The Balaban J connectivity index is 4.04. The van der Waals surface area contributed by atoms with Gasteiger partial charge in [-0.2, -0.15) is 0 Å². The van der Waals surface area contributed by atoms with Gasteiger partial charge in [0.1, 0.15) is 0 Å². The molecule has 2 nitrogen and oxygen atoms in total. The second kappa shape index (κ2) is 9.13. The predicted molar refractivity (Wildman–Crippen MR) is 68.1 cm³/mol. The molecule has 0 aliphatic rings. The average Bonchev–Trinajstić information content (AvgIpc) is 2.28. The molecule has 0 aliphatic heterocycles. The summed E-state index contributed by atoms with van der Waals surface area (Å²) in [7, 11) is 0. The first-order valence-electron chi connectivity index (χ1n) is 5.40. The van der Waals surface area contributed by atoms with Crippen LogP contribution in [0.25, 0.3) is 0 Å². The number of allylic oxidation sites excluding steroid dienone is 2. The largest absolute Gasteiger partial charge is 0.355 e. The molecule has 0 aromatic rings. The molecule has 0 saturated heterocycles. The quantitative estimate of drug-likeness (QED) is 0.562. The van der Waals surface area contributed by atoms with Crippen LogP contribution < -0.4 is 0 Å². The molecular weight excluding hydrogens is 184 g/mol. The summed E-state index contributed by atoms with van der Waals surface area (Å²) in [6.07, 6.45) is 12.8. The van der Waals surface area contributed by atoms with Gasteiger partial charge >= 0.3 is 0 Å². The molecule has 0 bridgehead atoms. The molecule has 0 heterocycles. The summed E-state index contributed by atoms with van der Waals surface area (Å²) in [5, 5.41) is 0. The van der Waals surface area contributed by atoms with E-state index in [9.17, 15) is 0 Å². The molecule has 0 aromatic heterocycles. The molecular formula is C13H22N2. The Labute approximate surface area is 93.9 Å². The van der Waals surface area contributed by atoms with E-state index in [1.54, 1.807) is 0 Å². The Kier molecular flexibility index (Phi) is 8.25. The molecule has 0 rings (SSSR count). The Morgan fingerprint density at radius 1 is 0.933 bits per heavy atom. The minimum absolute atomic E-state index is 0.938. The maximum absolute atomic E-state index is 3.75. The lowest BCUT2D eigenvalue weighted by Gasteiger charge is -2.12. The van der Waals surface area contributed by atoms with E-state index in [1.807, 2.05) is 41.9 Å². The van der Waals surface area contributed by atoms with Gasteiger partial charge in [-0.1, -0.05) is 20.1 Å². The fourth-order valence-electron chi connectivity index (χ4n) is 1.10. The van der Waals surface area contributed by atoms with Crippen molar-refractivity contribution in [1.29, 1.82) is 0 Å². The van der Waals surface area contributed by atoms with E-state index in [-0.39, 0.29) is 0 Å². The zero-order chi connectivity index (χ0) is 11.5. The van der Waals surface area contributed by atoms with Crippen LogP contribution in [0.1, 0.15) is 20.3 Å². The van der Waals surface area contributed by atoms with Crippen LogP contribution in [0.2, 0.25) is 0 Å². The van der Waals surface area contributed by atoms with Crippen molar-refractivity contribution >= 4 is 0 Å². The normalized spacial score (nSPS) is 10.8. The molecule has 0 amide bonds. The first kappa shape index (κ1) is 13.6. The first-order valence-corrected chi connectivity index (χ1v) is 5.40. The summed E-state index contributed by atoms with van der Waals surface area (Å²) in [6.45, 7) is 13.6. The summed E-state index contributed by atoms with van der Waals surface area (Å²) >= 11 is 0. The van der Waals surface area contributed by atoms with Gasteiger partial charge in [0, 0.05) is 25.5 Å². The van der Waals surface area contributed by atoms with Crippen LogP contribution in [0, 0.1) is 0 Å². The Bertz CT molecular complexity index is 229. The minimum Gasteiger partial charge on any atom is -0.355 e. The molecule has 15 heavy (non-hydrogen) atoms. The lowest BCUT2D eigenvalue weighted by atomic mass is 10.4. The molecule has 0 unspecified atom stereocenters. The van der Waals surface area contributed by atoms with Gasteiger partial charge in [0.15, 0.2) is 0 Å². The predicted octanol–water partition coefficient (Wildman–Crippen LogP) is 3.33. The standard InChI is InChI=1S/C13H22N2/c1-5-11-15(8-4)13-10-9-12-14(6-2)7-3/h6,8-10,12-13H,2,4-5,7,11H2,1,3H3/b12-9+,13-10+. The van der Waals surface area contributed by atoms with Crippen LogP contribution in [-0.4, -0.2) is 22.9 Å². The van der Waals surface area contributed by atoms with Gasteiger partial charge in [-0.25, -0.2) is 0 Å². The van der Waals surface area contributed by atoms with Crippen LogP contribution >= 0.6 is 0 Å². The Hall–Kier alpha value is -1.44. The van der Waals surface area contributed by atoms with Crippen molar-refractivity contribution < 1.29 is 0 Å². The Morgan fingerprint density at radius 3 is 1.87 bits per heavy atom. The highest BCUT2D eigenvalue weighted by Crippen LogP contribution is 1.94. The number of rotatable bonds is 8. The molecule has 0 aliphatic carbocycles. The third-order valence-electron chi connectivity index (χ3n) is 1.98. The molecule has 0 N–H and O–H groups in total. The van der Waals surface area contributed by atoms with Crippen molar-refractivity contribution in [3.8, 4) is 0 Å². The number of hydrogen-bond acceptors (Lipinski definition) is 2. The van der Waals surface area contributed by atoms with Gasteiger partial charge in [-0.3, -0.25) is 0 Å². The zero-order valence-corrected chi connectivity index (χ0v) is 9.89. The molecule has 0 radical (unpaired) electrons. The van der Waals surface area contributed by atoms with Crippen molar-refractivity contribution in [2.75, 3.05) is 13.1 Å². The van der Waals surface area contributed by atoms with E-state index >= 15 is 0 Å². The van der Waals surface area contributed by atoms with E-state index in [4.69, 9.17) is 0 Å². The highest BCUT2D eigenvalue weighted by Gasteiger charge is 1.88. The van der Waals surface area contributed by atoms with Crippen LogP contribution in [0.4, 0.5) is 0 Å². The molecule has 0 aromatic carbocycles. The molecule has 0 spiro atoms. The van der Waals surface area contributed by atoms with Crippen LogP contribution in [0.5, 0.6) is 0 Å². The second-order valence-electron chi connectivity index (χ2n) is 3.12. The zero-order valence-electron chi connectivity index (χ0n) is 9.89. The van der Waals surface area contributed by atoms with Crippen molar-refractivity contribution in [2.24, 2.45) is 0 Å². The third kappa shape index (κ3) is 6.61. The maximum atomic E-state index is 3.75. The van der Waals surface area contributed by atoms with E-state index in [0.717, 1.165) is 19.5 Å². The van der Waals surface area contributed by atoms with Gasteiger partial charge in [-0.05, 0) is 37.9 Å². The molecule has 0 saturated carbocycles. The highest BCUT2D eigenvalue weighted by atomic mass is 15.1. The van der Waals surface area contributed by atoms with Crippen molar-refractivity contribution in [3.05, 3.63) is 50.1 Å². The van der Waals surface area contributed by atoms with Gasteiger partial charge in [0.2, 0.25) is 0 Å². The van der Waals surface area contributed by atoms with Crippen molar-refractivity contribution in [3.63, 3.8) is 0 Å². The monoisotopic (exact) mass is 206 g/mol. The van der Waals surface area contributed by atoms with Gasteiger partial charge in [0.25, 0.3) is 0 Å². The van der Waals surface area contributed by atoms with Crippen LogP contribution in [-0.2, 0) is 0 Å². The molecule has 0 atom stereocenters. The second-order valence-corrected chi connectivity index (χ2v) is 3.12. The summed E-state index contributed by atoms with van der Waals surface area (Å²) < 4.78 is 0. The van der Waals surface area contributed by atoms with Gasteiger partial charge in [-0.15, -0.1) is 0 Å². The van der Waals surface area contributed by atoms with Crippen LogP contribution in [0.15, 0.2) is 50.1 Å². The fourth-order valence-corrected chi connectivity index (χ4v) is 1.10. The number of hydrogen-bond donors (Lipinski definition) is 0. The van der Waals surface area contributed by atoms with Crippen molar-refractivity contribution in [2.45, 2.75) is 20.3 Å². The topological polar surface area (TPSA) is 6.48 Å². The SMILES string of the molecule is C=CN(/C=C/C=C/N(C=C)CCC)CC. The molecule has 84 valence electrons. The fraction of sp³-hybridized carbons (Fsp3) is 0.385. The van der Waals surface area contributed by atoms with E-state index in [0.29, 0.717) is 0 Å². The Morgan fingerprint density at radius 2 is 1.47 bits per heavy atom. The summed E-state index contributed by atoms with van der Waals surface area (Å²) in [5.41, 5.74) is 0. The van der Waals surface area contributed by atoms with Gasteiger partial charge < -0.3 is 9.80 Å². The maximum Gasteiger partial charge on any atom is 0.0216 e. The van der Waals surface area contributed by atoms with Crippen molar-refractivity contribution in [1.82, 2.24) is 9.80 Å². The smallest absolute Gasteiger partial charge is 0.0216 e. The van der Waals surface area contributed by atoms with E-state index in [1.165, 1.54) is 0 Å². The lowest BCUT2D eigenvalue weighted by Crippen LogP contribution is -2.09. The molecule has 0 fully saturated rings. The summed E-state index contributed by atoms with van der Waals surface area (Å²) in [5.74, 6) is 0. The first-order chi connectivity index (χ1) is 7.28. The summed E-state index contributed by atoms with van der Waals surface area (Å²) in [6, 6.07) is 0. The third-order valence-corrected chi connectivity index (χ3v) is 1.98. The minimum atomic E-state index is 0.938. The van der Waals surface area contributed by atoms with E-state index < -0.39 is 0 Å². The lowest BCUT2D eigenvalue weighted by molar-refractivity contribution is 0.503. The van der Waals surface area contributed by atoms with Crippen LogP contribution in [0.3, 0.4) is 0 Å². The van der Waals surface area contributed by atoms with Gasteiger partial charge in [0.05, 0.1) is 0 Å².